The predicted molar refractivity (Wildman–Crippen MR) is 111 cm³/mol. The Morgan fingerprint density at radius 1 is 1.23 bits per heavy atom. The van der Waals surface area contributed by atoms with Crippen LogP contribution in [0.1, 0.15) is 69.3 Å². The van der Waals surface area contributed by atoms with Crippen LogP contribution in [0.5, 0.6) is 5.75 Å². The minimum absolute atomic E-state index is 0.117. The van der Waals surface area contributed by atoms with Gasteiger partial charge >= 0.3 is 19.1 Å². The van der Waals surface area contributed by atoms with E-state index in [0.717, 1.165) is 19.3 Å². The van der Waals surface area contributed by atoms with Crippen LogP contribution in [-0.2, 0) is 25.5 Å². The fraction of sp³-hybridized carbons (Fsp3) is 0.571. The van der Waals surface area contributed by atoms with E-state index in [2.05, 4.69) is 12.2 Å². The van der Waals surface area contributed by atoms with Crippen LogP contribution >= 0.6 is 0 Å². The first-order valence-corrected chi connectivity index (χ1v) is 10.2. The van der Waals surface area contributed by atoms with E-state index in [0.29, 0.717) is 18.4 Å². The standard InChI is InChI=1S/C21H30BNO7/c1-5-6-7-11-17(24)23-16-12-14-9-8-10-15(18(14)30-22(16)27)19(25)28-13-29-20(26)21(2,3)4/h8-10,16,27H,5-7,11-13H2,1-4H3,(H,23,24)/t16-/m0/s1. The Balaban J connectivity index is 1.99. The molecule has 0 radical (unpaired) electrons. The van der Waals surface area contributed by atoms with Gasteiger partial charge in [0.1, 0.15) is 11.3 Å². The van der Waals surface area contributed by atoms with Gasteiger partial charge < -0.3 is 24.5 Å². The first-order valence-electron chi connectivity index (χ1n) is 10.2. The second kappa shape index (κ2) is 10.5. The summed E-state index contributed by atoms with van der Waals surface area (Å²) in [5, 5.41) is 13.1. The van der Waals surface area contributed by atoms with Gasteiger partial charge in [-0.25, -0.2) is 4.79 Å². The van der Waals surface area contributed by atoms with E-state index in [1.165, 1.54) is 6.07 Å². The number of unbranched alkanes of at least 4 members (excludes halogenated alkanes) is 2. The topological polar surface area (TPSA) is 111 Å². The zero-order valence-electron chi connectivity index (χ0n) is 18.0. The lowest BCUT2D eigenvalue weighted by Crippen LogP contribution is -2.53. The molecule has 0 spiro atoms. The molecule has 0 fully saturated rings. The van der Waals surface area contributed by atoms with E-state index >= 15 is 0 Å². The quantitative estimate of drug-likeness (QED) is 0.288. The SMILES string of the molecule is CCCCCC(=O)N[C@H]1Cc2cccc(C(=O)OCOC(=O)C(C)(C)C)c2OB1O. The highest BCUT2D eigenvalue weighted by Crippen LogP contribution is 2.30. The Hall–Kier alpha value is -2.55. The van der Waals surface area contributed by atoms with Crippen LogP contribution in [0.15, 0.2) is 18.2 Å². The van der Waals surface area contributed by atoms with Crippen molar-refractivity contribution in [2.45, 2.75) is 65.7 Å². The van der Waals surface area contributed by atoms with Crippen LogP contribution in [0.4, 0.5) is 0 Å². The number of para-hydroxylation sites is 1. The summed E-state index contributed by atoms with van der Waals surface area (Å²) in [6.45, 7) is 6.62. The lowest BCUT2D eigenvalue weighted by atomic mass is 9.72. The summed E-state index contributed by atoms with van der Waals surface area (Å²) in [5.41, 5.74) is 0.0769. The average Bonchev–Trinajstić information content (AvgIpc) is 2.67. The van der Waals surface area contributed by atoms with Gasteiger partial charge in [-0.3, -0.25) is 9.59 Å². The van der Waals surface area contributed by atoms with Gasteiger partial charge in [0.15, 0.2) is 0 Å². The summed E-state index contributed by atoms with van der Waals surface area (Å²) in [5.74, 6) is -1.77. The third-order valence-electron chi connectivity index (χ3n) is 4.69. The molecule has 1 aromatic rings. The first-order chi connectivity index (χ1) is 14.1. The molecule has 2 N–H and O–H groups in total. The van der Waals surface area contributed by atoms with Gasteiger partial charge in [-0.1, -0.05) is 31.9 Å². The predicted octanol–water partition coefficient (Wildman–Crippen LogP) is 2.41. The molecule has 8 nitrogen and oxygen atoms in total. The molecule has 0 bridgehead atoms. The maximum absolute atomic E-state index is 12.4. The van der Waals surface area contributed by atoms with E-state index in [-0.39, 0.29) is 17.2 Å². The van der Waals surface area contributed by atoms with Gasteiger partial charge in [-0.2, -0.15) is 0 Å². The number of ether oxygens (including phenoxy) is 2. The molecule has 0 aliphatic carbocycles. The lowest BCUT2D eigenvalue weighted by molar-refractivity contribution is -0.161. The van der Waals surface area contributed by atoms with Gasteiger partial charge in [0.25, 0.3) is 0 Å². The summed E-state index contributed by atoms with van der Waals surface area (Å²) in [6, 6.07) is 4.93. The highest BCUT2D eigenvalue weighted by molar-refractivity contribution is 6.47. The van der Waals surface area contributed by atoms with Gasteiger partial charge in [0.05, 0.1) is 11.4 Å². The molecule has 0 saturated carbocycles. The second-order valence-electron chi connectivity index (χ2n) is 8.37. The first kappa shape index (κ1) is 23.7. The number of rotatable bonds is 8. The van der Waals surface area contributed by atoms with Crippen LogP contribution in [0, 0.1) is 5.41 Å². The van der Waals surface area contributed by atoms with Crippen LogP contribution in [0.2, 0.25) is 0 Å². The number of esters is 2. The van der Waals surface area contributed by atoms with Crippen molar-refractivity contribution in [3.8, 4) is 5.75 Å². The van der Waals surface area contributed by atoms with Crippen molar-refractivity contribution >= 4 is 25.0 Å². The fourth-order valence-corrected chi connectivity index (χ4v) is 2.95. The third kappa shape index (κ3) is 6.48. The summed E-state index contributed by atoms with van der Waals surface area (Å²) in [6.07, 6.45) is 3.48. The number of amides is 1. The van der Waals surface area contributed by atoms with Crippen molar-refractivity contribution in [1.29, 1.82) is 0 Å². The van der Waals surface area contributed by atoms with Crippen LogP contribution < -0.4 is 9.97 Å². The lowest BCUT2D eigenvalue weighted by Gasteiger charge is -2.29. The molecule has 1 heterocycles. The molecule has 0 unspecified atom stereocenters. The summed E-state index contributed by atoms with van der Waals surface area (Å²) in [4.78, 5) is 36.2. The molecule has 30 heavy (non-hydrogen) atoms. The van der Waals surface area contributed by atoms with E-state index in [1.54, 1.807) is 32.9 Å². The monoisotopic (exact) mass is 419 g/mol. The normalized spacial score (nSPS) is 15.6. The van der Waals surface area contributed by atoms with Crippen LogP contribution in [-0.4, -0.2) is 42.7 Å². The Labute approximate surface area is 177 Å². The van der Waals surface area contributed by atoms with Crippen molar-refractivity contribution in [2.75, 3.05) is 6.79 Å². The van der Waals surface area contributed by atoms with Crippen molar-refractivity contribution < 1.29 is 33.5 Å². The number of carbonyl (C=O) groups is 3. The maximum Gasteiger partial charge on any atom is 0.547 e. The highest BCUT2D eigenvalue weighted by Gasteiger charge is 2.37. The van der Waals surface area contributed by atoms with Gasteiger partial charge in [-0.15, -0.1) is 0 Å². The molecule has 2 rings (SSSR count). The molecule has 1 amide bonds. The Kier molecular flexibility index (Phi) is 8.29. The molecule has 164 valence electrons. The largest absolute Gasteiger partial charge is 0.547 e. The van der Waals surface area contributed by atoms with E-state index in [9.17, 15) is 19.4 Å². The maximum atomic E-state index is 12.4. The van der Waals surface area contributed by atoms with Crippen LogP contribution in [0.3, 0.4) is 0 Å². The Bertz CT molecular complexity index is 775. The van der Waals surface area contributed by atoms with Gasteiger partial charge in [-0.05, 0) is 45.2 Å². The Morgan fingerprint density at radius 3 is 2.63 bits per heavy atom. The van der Waals surface area contributed by atoms with E-state index < -0.39 is 37.2 Å². The molecule has 1 atom stereocenters. The van der Waals surface area contributed by atoms with Crippen molar-refractivity contribution in [1.82, 2.24) is 5.32 Å². The minimum Gasteiger partial charge on any atom is -0.534 e. The molecule has 9 heteroatoms. The van der Waals surface area contributed by atoms with Gasteiger partial charge in [0.2, 0.25) is 12.7 Å². The number of nitrogens with one attached hydrogen (secondary N) is 1. The molecular formula is C21H30BNO7. The van der Waals surface area contributed by atoms with E-state index in [1.807, 2.05) is 0 Å². The summed E-state index contributed by atoms with van der Waals surface area (Å²) >= 11 is 0. The minimum atomic E-state index is -1.29. The highest BCUT2D eigenvalue weighted by atomic mass is 16.7. The zero-order chi connectivity index (χ0) is 22.3. The second-order valence-corrected chi connectivity index (χ2v) is 8.37. The number of benzene rings is 1. The molecule has 0 saturated heterocycles. The van der Waals surface area contributed by atoms with Crippen molar-refractivity contribution in [3.63, 3.8) is 0 Å². The van der Waals surface area contributed by atoms with Gasteiger partial charge in [0, 0.05) is 6.42 Å². The smallest absolute Gasteiger partial charge is 0.534 e. The van der Waals surface area contributed by atoms with Crippen LogP contribution in [0.25, 0.3) is 0 Å². The summed E-state index contributed by atoms with van der Waals surface area (Å²) < 4.78 is 15.5. The molecule has 1 aliphatic rings. The molecule has 1 aromatic carbocycles. The molecule has 0 aromatic heterocycles. The van der Waals surface area contributed by atoms with Crippen molar-refractivity contribution in [2.24, 2.45) is 5.41 Å². The molecule has 1 aliphatic heterocycles. The zero-order valence-corrected chi connectivity index (χ0v) is 18.0. The number of hydrogen-bond acceptors (Lipinski definition) is 7. The van der Waals surface area contributed by atoms with E-state index in [4.69, 9.17) is 14.1 Å². The van der Waals surface area contributed by atoms with Crippen molar-refractivity contribution in [3.05, 3.63) is 29.3 Å². The fourth-order valence-electron chi connectivity index (χ4n) is 2.95. The average molecular weight is 419 g/mol. The number of fused-ring (bicyclic) bond motifs is 1. The Morgan fingerprint density at radius 2 is 1.97 bits per heavy atom. The summed E-state index contributed by atoms with van der Waals surface area (Å²) in [7, 11) is -1.29. The number of hydrogen-bond donors (Lipinski definition) is 2. The molecular weight excluding hydrogens is 389 g/mol. The number of carbonyl (C=O) groups excluding carboxylic acids is 3. The third-order valence-corrected chi connectivity index (χ3v) is 4.69.